The number of amides is 2. The molecule has 1 aromatic carbocycles. The molecule has 150 valence electrons. The molecule has 4 rings (SSSR count). The monoisotopic (exact) mass is 443 g/mol. The Bertz CT molecular complexity index is 975. The summed E-state index contributed by atoms with van der Waals surface area (Å²) in [6.07, 6.45) is 3.41. The molecule has 0 saturated carbocycles. The van der Waals surface area contributed by atoms with Crippen LogP contribution in [0.5, 0.6) is 0 Å². The number of carbonyl (C=O) groups excluding carboxylic acids is 2. The average molecular weight is 444 g/mol. The third-order valence-electron chi connectivity index (χ3n) is 5.01. The van der Waals surface area contributed by atoms with E-state index in [1.165, 1.54) is 27.6 Å². The van der Waals surface area contributed by atoms with E-state index in [1.54, 1.807) is 11.8 Å². The van der Waals surface area contributed by atoms with Gasteiger partial charge in [0.05, 0.1) is 10.6 Å². The molecule has 0 unspecified atom stereocenters. The van der Waals surface area contributed by atoms with E-state index in [4.69, 9.17) is 0 Å². The van der Waals surface area contributed by atoms with Crippen molar-refractivity contribution in [1.82, 2.24) is 9.88 Å². The highest BCUT2D eigenvalue weighted by molar-refractivity contribution is 7.98. The predicted molar refractivity (Wildman–Crippen MR) is 121 cm³/mol. The largest absolute Gasteiger partial charge is 0.338 e. The first-order valence-electron chi connectivity index (χ1n) is 9.37. The van der Waals surface area contributed by atoms with E-state index in [-0.39, 0.29) is 17.7 Å². The van der Waals surface area contributed by atoms with Gasteiger partial charge in [0.25, 0.3) is 5.91 Å². The Balaban J connectivity index is 1.32. The second kappa shape index (κ2) is 9.11. The maximum Gasteiger partial charge on any atom is 0.263 e. The van der Waals surface area contributed by atoms with Crippen molar-refractivity contribution in [1.29, 1.82) is 0 Å². The van der Waals surface area contributed by atoms with Crippen molar-refractivity contribution in [3.63, 3.8) is 0 Å². The van der Waals surface area contributed by atoms with Gasteiger partial charge in [-0.25, -0.2) is 4.98 Å². The number of thiophene rings is 1. The van der Waals surface area contributed by atoms with Gasteiger partial charge in [-0.15, -0.1) is 34.4 Å². The van der Waals surface area contributed by atoms with Crippen LogP contribution in [-0.2, 0) is 4.79 Å². The number of aromatic nitrogens is 1. The smallest absolute Gasteiger partial charge is 0.263 e. The zero-order chi connectivity index (χ0) is 20.2. The zero-order valence-corrected chi connectivity index (χ0v) is 18.4. The summed E-state index contributed by atoms with van der Waals surface area (Å²) in [4.78, 5) is 33.5. The number of piperidine rings is 1. The number of nitrogens with one attached hydrogen (secondary N) is 1. The summed E-state index contributed by atoms with van der Waals surface area (Å²) in [6.45, 7) is 1.22. The molecule has 0 spiro atoms. The number of benzene rings is 1. The third-order valence-corrected chi connectivity index (χ3v) is 7.36. The molecular weight excluding hydrogens is 422 g/mol. The Morgan fingerprint density at radius 2 is 1.90 bits per heavy atom. The van der Waals surface area contributed by atoms with Gasteiger partial charge in [0.15, 0.2) is 5.13 Å². The first-order valence-corrected chi connectivity index (χ1v) is 12.4. The number of rotatable bonds is 5. The van der Waals surface area contributed by atoms with Crippen molar-refractivity contribution in [3.8, 4) is 11.3 Å². The van der Waals surface area contributed by atoms with Crippen LogP contribution in [0.15, 0.2) is 52.1 Å². The molecule has 2 aromatic heterocycles. The minimum atomic E-state index is -0.0874. The van der Waals surface area contributed by atoms with Gasteiger partial charge in [-0.1, -0.05) is 18.2 Å². The quantitative estimate of drug-likeness (QED) is 0.558. The molecule has 8 heteroatoms. The average Bonchev–Trinajstić information content (AvgIpc) is 3.46. The second-order valence-corrected chi connectivity index (χ2v) is 9.48. The normalized spacial score (nSPS) is 14.7. The Labute approximate surface area is 182 Å². The molecule has 3 heterocycles. The van der Waals surface area contributed by atoms with Crippen LogP contribution < -0.4 is 5.32 Å². The number of hydrogen-bond donors (Lipinski definition) is 1. The lowest BCUT2D eigenvalue weighted by molar-refractivity contribution is -0.121. The van der Waals surface area contributed by atoms with Crippen molar-refractivity contribution in [2.24, 2.45) is 5.92 Å². The van der Waals surface area contributed by atoms with Gasteiger partial charge in [0.1, 0.15) is 0 Å². The first kappa shape index (κ1) is 20.1. The Morgan fingerprint density at radius 3 is 2.55 bits per heavy atom. The molecule has 29 heavy (non-hydrogen) atoms. The molecule has 5 nitrogen and oxygen atoms in total. The SMILES string of the molecule is CSc1ccc(-c2csc(NC(=O)C3CCN(C(=O)c4cccs4)CC3)n2)cc1. The van der Waals surface area contributed by atoms with Crippen LogP contribution >= 0.6 is 34.4 Å². The summed E-state index contributed by atoms with van der Waals surface area (Å²) in [7, 11) is 0. The number of carbonyl (C=O) groups is 2. The number of hydrogen-bond acceptors (Lipinski definition) is 6. The Hall–Kier alpha value is -2.16. The standard InChI is InChI=1S/C21H21N3O2S3/c1-27-16-6-4-14(5-7-16)17-13-29-21(22-17)23-19(25)15-8-10-24(11-9-15)20(26)18-3-2-12-28-18/h2-7,12-13,15H,8-11H2,1H3,(H,22,23,25). The molecule has 2 amide bonds. The molecule has 0 bridgehead atoms. The lowest BCUT2D eigenvalue weighted by atomic mass is 9.96. The summed E-state index contributed by atoms with van der Waals surface area (Å²) in [6, 6.07) is 12.0. The van der Waals surface area contributed by atoms with E-state index in [1.807, 2.05) is 46.2 Å². The highest BCUT2D eigenvalue weighted by Crippen LogP contribution is 2.28. The number of nitrogens with zero attached hydrogens (tertiary/aromatic N) is 2. The van der Waals surface area contributed by atoms with Gasteiger partial charge < -0.3 is 10.2 Å². The summed E-state index contributed by atoms with van der Waals surface area (Å²) in [5.41, 5.74) is 1.91. The Kier molecular flexibility index (Phi) is 6.32. The summed E-state index contributed by atoms with van der Waals surface area (Å²) >= 11 is 4.60. The molecule has 0 aliphatic carbocycles. The minimum absolute atomic E-state index is 0.00754. The summed E-state index contributed by atoms with van der Waals surface area (Å²) in [5.74, 6) is -0.0293. The number of likely N-dealkylation sites (tertiary alicyclic amines) is 1. The van der Waals surface area contributed by atoms with Gasteiger partial charge in [-0.05, 0) is 42.7 Å². The highest BCUT2D eigenvalue weighted by atomic mass is 32.2. The van der Waals surface area contributed by atoms with E-state index in [0.717, 1.165) is 16.1 Å². The first-order chi connectivity index (χ1) is 14.1. The van der Waals surface area contributed by atoms with Crippen LogP contribution in [0, 0.1) is 5.92 Å². The highest BCUT2D eigenvalue weighted by Gasteiger charge is 2.28. The lowest BCUT2D eigenvalue weighted by Crippen LogP contribution is -2.41. The van der Waals surface area contributed by atoms with E-state index in [9.17, 15) is 9.59 Å². The van der Waals surface area contributed by atoms with E-state index < -0.39 is 0 Å². The van der Waals surface area contributed by atoms with Crippen molar-refractivity contribution >= 4 is 51.4 Å². The second-order valence-electron chi connectivity index (χ2n) is 6.80. The molecular formula is C21H21N3O2S3. The zero-order valence-electron chi connectivity index (χ0n) is 16.0. The minimum Gasteiger partial charge on any atom is -0.338 e. The topological polar surface area (TPSA) is 62.3 Å². The van der Waals surface area contributed by atoms with Crippen LogP contribution in [0.1, 0.15) is 22.5 Å². The molecule has 1 N–H and O–H groups in total. The van der Waals surface area contributed by atoms with E-state index >= 15 is 0 Å². The molecule has 3 aromatic rings. The lowest BCUT2D eigenvalue weighted by Gasteiger charge is -2.30. The van der Waals surface area contributed by atoms with Gasteiger partial charge >= 0.3 is 0 Å². The molecule has 0 radical (unpaired) electrons. The van der Waals surface area contributed by atoms with Crippen molar-refractivity contribution in [2.45, 2.75) is 17.7 Å². The maximum atomic E-state index is 12.7. The van der Waals surface area contributed by atoms with E-state index in [2.05, 4.69) is 22.4 Å². The van der Waals surface area contributed by atoms with Crippen LogP contribution in [0.4, 0.5) is 5.13 Å². The maximum absolute atomic E-state index is 12.7. The van der Waals surface area contributed by atoms with Gasteiger partial charge in [0, 0.05) is 34.8 Å². The number of thioether (sulfide) groups is 1. The molecule has 0 atom stereocenters. The van der Waals surface area contributed by atoms with Crippen molar-refractivity contribution < 1.29 is 9.59 Å². The summed E-state index contributed by atoms with van der Waals surface area (Å²) in [5, 5.41) is 7.45. The van der Waals surface area contributed by atoms with Crippen molar-refractivity contribution in [3.05, 3.63) is 52.0 Å². The fourth-order valence-corrected chi connectivity index (χ4v) is 5.16. The summed E-state index contributed by atoms with van der Waals surface area (Å²) < 4.78 is 0. The predicted octanol–water partition coefficient (Wildman–Crippen LogP) is 5.08. The fraction of sp³-hybridized carbons (Fsp3) is 0.286. The Morgan fingerprint density at radius 1 is 1.14 bits per heavy atom. The number of thiazole rings is 1. The molecule has 1 saturated heterocycles. The molecule has 1 fully saturated rings. The van der Waals surface area contributed by atoms with Crippen LogP contribution in [-0.4, -0.2) is 41.0 Å². The van der Waals surface area contributed by atoms with Gasteiger partial charge in [0.2, 0.25) is 5.91 Å². The van der Waals surface area contributed by atoms with Crippen LogP contribution in [0.25, 0.3) is 11.3 Å². The number of anilines is 1. The van der Waals surface area contributed by atoms with Gasteiger partial charge in [-0.2, -0.15) is 0 Å². The van der Waals surface area contributed by atoms with Crippen molar-refractivity contribution in [2.75, 3.05) is 24.7 Å². The van der Waals surface area contributed by atoms with Crippen LogP contribution in [0.2, 0.25) is 0 Å². The van der Waals surface area contributed by atoms with E-state index in [0.29, 0.717) is 31.1 Å². The van der Waals surface area contributed by atoms with Gasteiger partial charge in [-0.3, -0.25) is 9.59 Å². The van der Waals surface area contributed by atoms with Crippen LogP contribution in [0.3, 0.4) is 0 Å². The molecule has 1 aliphatic rings. The fourth-order valence-electron chi connectivity index (χ4n) is 3.33. The molecule has 1 aliphatic heterocycles. The third kappa shape index (κ3) is 4.71.